The number of amides is 1. The lowest BCUT2D eigenvalue weighted by molar-refractivity contribution is -0.116. The predicted octanol–water partition coefficient (Wildman–Crippen LogP) is 3.68. The van der Waals surface area contributed by atoms with Gasteiger partial charge in [0, 0.05) is 24.6 Å². The van der Waals surface area contributed by atoms with Crippen molar-refractivity contribution in [3.05, 3.63) is 65.5 Å². The van der Waals surface area contributed by atoms with Gasteiger partial charge in [0.05, 0.1) is 38.4 Å². The molecule has 8 nitrogen and oxygen atoms in total. The molecule has 1 aromatic heterocycles. The minimum Gasteiger partial charge on any atom is -0.497 e. The number of nitrogens with one attached hydrogen (secondary N) is 1. The largest absolute Gasteiger partial charge is 0.497 e. The van der Waals surface area contributed by atoms with Crippen LogP contribution < -0.4 is 19.5 Å². The van der Waals surface area contributed by atoms with Crippen molar-refractivity contribution in [2.45, 2.75) is 12.3 Å². The molecule has 2 heterocycles. The lowest BCUT2D eigenvalue weighted by Crippen LogP contribution is -2.25. The number of aromatic nitrogens is 1. The van der Waals surface area contributed by atoms with Crippen LogP contribution in [0.25, 0.3) is 5.69 Å². The topological polar surface area (TPSA) is 99.0 Å². The summed E-state index contributed by atoms with van der Waals surface area (Å²) in [5, 5.41) is 12.6. The van der Waals surface area contributed by atoms with Gasteiger partial charge in [0.25, 0.3) is 0 Å². The van der Waals surface area contributed by atoms with E-state index in [1.54, 1.807) is 44.1 Å². The Morgan fingerprint density at radius 3 is 2.48 bits per heavy atom. The molecule has 0 radical (unpaired) electrons. The fraction of sp³-hybridized carbons (Fsp3) is 0.217. The van der Waals surface area contributed by atoms with E-state index in [2.05, 4.69) is 5.32 Å². The molecule has 1 aliphatic rings. The molecule has 2 N–H and O–H groups in total. The summed E-state index contributed by atoms with van der Waals surface area (Å²) in [5.41, 5.74) is 2.38. The van der Waals surface area contributed by atoms with Crippen LogP contribution in [0.2, 0.25) is 0 Å². The molecule has 0 saturated carbocycles. The Hall–Kier alpha value is -3.94. The molecule has 0 saturated heterocycles. The average molecular weight is 422 g/mol. The Labute approximate surface area is 179 Å². The van der Waals surface area contributed by atoms with E-state index in [1.807, 2.05) is 24.3 Å². The molecule has 1 atom stereocenters. The number of benzene rings is 2. The van der Waals surface area contributed by atoms with E-state index in [0.717, 1.165) is 5.56 Å². The quantitative estimate of drug-likeness (QED) is 0.629. The van der Waals surface area contributed by atoms with E-state index >= 15 is 0 Å². The number of hydrogen-bond donors (Lipinski definition) is 2. The van der Waals surface area contributed by atoms with Gasteiger partial charge in [-0.3, -0.25) is 4.79 Å². The zero-order chi connectivity index (χ0) is 22.1. The first-order valence-electron chi connectivity index (χ1n) is 9.61. The zero-order valence-corrected chi connectivity index (χ0v) is 17.3. The number of aromatic carboxylic acids is 1. The van der Waals surface area contributed by atoms with Gasteiger partial charge in [-0.05, 0) is 29.8 Å². The summed E-state index contributed by atoms with van der Waals surface area (Å²) >= 11 is 0. The Morgan fingerprint density at radius 1 is 1.06 bits per heavy atom. The Morgan fingerprint density at radius 2 is 1.81 bits per heavy atom. The molecule has 0 bridgehead atoms. The van der Waals surface area contributed by atoms with Gasteiger partial charge in [0.2, 0.25) is 5.91 Å². The summed E-state index contributed by atoms with van der Waals surface area (Å²) in [4.78, 5) is 24.5. The fourth-order valence-electron chi connectivity index (χ4n) is 3.95. The van der Waals surface area contributed by atoms with Gasteiger partial charge in [-0.1, -0.05) is 12.1 Å². The van der Waals surface area contributed by atoms with Crippen molar-refractivity contribution in [2.75, 3.05) is 26.6 Å². The van der Waals surface area contributed by atoms with Gasteiger partial charge in [0.1, 0.15) is 22.8 Å². The first kappa shape index (κ1) is 20.3. The predicted molar refractivity (Wildman–Crippen MR) is 114 cm³/mol. The van der Waals surface area contributed by atoms with Crippen molar-refractivity contribution < 1.29 is 28.9 Å². The number of hydrogen-bond acceptors (Lipinski definition) is 5. The van der Waals surface area contributed by atoms with Crippen LogP contribution in [-0.4, -0.2) is 42.9 Å². The number of carboxylic acids is 1. The SMILES string of the molecule is COc1cccc([C@H]2CC(=O)Nc3c(C(=O)O)cn(-c4cc(OC)ccc4OC)c32)c1. The van der Waals surface area contributed by atoms with Crippen molar-refractivity contribution in [2.24, 2.45) is 0 Å². The summed E-state index contributed by atoms with van der Waals surface area (Å²) in [5.74, 6) is 0.00905. The van der Waals surface area contributed by atoms with E-state index in [1.165, 1.54) is 6.20 Å². The highest BCUT2D eigenvalue weighted by atomic mass is 16.5. The van der Waals surface area contributed by atoms with Crippen molar-refractivity contribution in [1.29, 1.82) is 0 Å². The average Bonchev–Trinajstić information content (AvgIpc) is 3.17. The molecule has 0 fully saturated rings. The van der Waals surface area contributed by atoms with E-state index in [4.69, 9.17) is 14.2 Å². The summed E-state index contributed by atoms with van der Waals surface area (Å²) < 4.78 is 18.0. The van der Waals surface area contributed by atoms with Crippen LogP contribution in [0.15, 0.2) is 48.7 Å². The molecule has 31 heavy (non-hydrogen) atoms. The zero-order valence-electron chi connectivity index (χ0n) is 17.3. The second-order valence-corrected chi connectivity index (χ2v) is 7.10. The molecule has 3 aromatic rings. The molecule has 0 spiro atoms. The van der Waals surface area contributed by atoms with Crippen molar-refractivity contribution in [1.82, 2.24) is 4.57 Å². The summed E-state index contributed by atoms with van der Waals surface area (Å²) in [6.45, 7) is 0. The number of carbonyl (C=O) groups is 2. The third-order valence-electron chi connectivity index (χ3n) is 5.40. The number of ether oxygens (including phenoxy) is 3. The maximum Gasteiger partial charge on any atom is 0.339 e. The highest BCUT2D eigenvalue weighted by Crippen LogP contribution is 2.43. The molecule has 1 aliphatic heterocycles. The number of carboxylic acid groups (broad SMARTS) is 1. The van der Waals surface area contributed by atoms with Crippen LogP contribution in [0.1, 0.15) is 34.0 Å². The van der Waals surface area contributed by atoms with E-state index in [-0.39, 0.29) is 29.5 Å². The minimum absolute atomic E-state index is 0.000758. The third kappa shape index (κ3) is 3.56. The van der Waals surface area contributed by atoms with Gasteiger partial charge in [-0.25, -0.2) is 4.79 Å². The summed E-state index contributed by atoms with van der Waals surface area (Å²) in [6.07, 6.45) is 1.67. The minimum atomic E-state index is -1.14. The molecule has 1 amide bonds. The lowest BCUT2D eigenvalue weighted by atomic mass is 9.88. The number of nitrogens with zero attached hydrogens (tertiary/aromatic N) is 1. The number of methoxy groups -OCH3 is 3. The van der Waals surface area contributed by atoms with Crippen LogP contribution in [0.4, 0.5) is 5.69 Å². The number of anilines is 1. The molecule has 4 rings (SSSR count). The number of fused-ring (bicyclic) bond motifs is 1. The first-order chi connectivity index (χ1) is 15.0. The maximum atomic E-state index is 12.5. The lowest BCUT2D eigenvalue weighted by Gasteiger charge is -2.27. The summed E-state index contributed by atoms with van der Waals surface area (Å²) in [6, 6.07) is 12.7. The van der Waals surface area contributed by atoms with Crippen LogP contribution >= 0.6 is 0 Å². The summed E-state index contributed by atoms with van der Waals surface area (Å²) in [7, 11) is 4.67. The highest BCUT2D eigenvalue weighted by Gasteiger charge is 2.35. The Bertz CT molecular complexity index is 1170. The van der Waals surface area contributed by atoms with Crippen molar-refractivity contribution >= 4 is 17.6 Å². The Kier molecular flexibility index (Phi) is 5.29. The number of carbonyl (C=O) groups excluding carboxylic acids is 1. The number of rotatable bonds is 6. The van der Waals surface area contributed by atoms with Gasteiger partial charge in [-0.2, -0.15) is 0 Å². The van der Waals surface area contributed by atoms with Crippen molar-refractivity contribution in [3.63, 3.8) is 0 Å². The molecular formula is C23H22N2O6. The van der Waals surface area contributed by atoms with E-state index in [0.29, 0.717) is 28.6 Å². The fourth-order valence-corrected chi connectivity index (χ4v) is 3.95. The van der Waals surface area contributed by atoms with Crippen LogP contribution in [0.3, 0.4) is 0 Å². The normalized spacial score (nSPS) is 15.1. The van der Waals surface area contributed by atoms with Crippen molar-refractivity contribution in [3.8, 4) is 22.9 Å². The molecule has 2 aromatic carbocycles. The van der Waals surface area contributed by atoms with Crippen LogP contribution in [-0.2, 0) is 4.79 Å². The van der Waals surface area contributed by atoms with Gasteiger partial charge < -0.3 is 29.2 Å². The second kappa shape index (κ2) is 8.06. The molecule has 0 unspecified atom stereocenters. The van der Waals surface area contributed by atoms with Gasteiger partial charge in [0.15, 0.2) is 0 Å². The monoisotopic (exact) mass is 422 g/mol. The van der Waals surface area contributed by atoms with Crippen LogP contribution in [0, 0.1) is 0 Å². The highest BCUT2D eigenvalue weighted by molar-refractivity contribution is 6.04. The smallest absolute Gasteiger partial charge is 0.339 e. The standard InChI is InChI=1S/C23H22N2O6/c1-29-14-6-4-5-13(9-14)16-11-20(26)24-21-17(23(27)28)12-25(22(16)21)18-10-15(30-2)7-8-19(18)31-3/h4-10,12,16H,11H2,1-3H3,(H,24,26)(H,27,28)/t16-/m1/s1. The van der Waals surface area contributed by atoms with E-state index in [9.17, 15) is 14.7 Å². The molecular weight excluding hydrogens is 400 g/mol. The van der Waals surface area contributed by atoms with E-state index < -0.39 is 5.97 Å². The Balaban J connectivity index is 2.00. The molecule has 0 aliphatic carbocycles. The molecule has 8 heteroatoms. The third-order valence-corrected chi connectivity index (χ3v) is 5.40. The van der Waals surface area contributed by atoms with Crippen LogP contribution in [0.5, 0.6) is 17.2 Å². The first-order valence-corrected chi connectivity index (χ1v) is 9.61. The maximum absolute atomic E-state index is 12.5. The molecule has 160 valence electrons. The second-order valence-electron chi connectivity index (χ2n) is 7.10. The van der Waals surface area contributed by atoms with Gasteiger partial charge >= 0.3 is 5.97 Å². The van der Waals surface area contributed by atoms with Gasteiger partial charge in [-0.15, -0.1) is 0 Å².